The van der Waals surface area contributed by atoms with Gasteiger partial charge in [-0.15, -0.1) is 0 Å². The number of hydrogen-bond donors (Lipinski definition) is 3. The summed E-state index contributed by atoms with van der Waals surface area (Å²) in [6.07, 6.45) is 5.94. The molecule has 0 spiro atoms. The number of rotatable bonds is 6. The number of carbonyl (C=O) groups excluding carboxylic acids is 1. The Morgan fingerprint density at radius 1 is 1.47 bits per heavy atom. The van der Waals surface area contributed by atoms with Crippen molar-refractivity contribution < 1.29 is 15.0 Å². The van der Waals surface area contributed by atoms with Gasteiger partial charge < -0.3 is 15.5 Å². The van der Waals surface area contributed by atoms with E-state index in [2.05, 4.69) is 10.3 Å². The normalized spacial score (nSPS) is 12.8. The molecule has 0 aliphatic rings. The molecule has 19 heavy (non-hydrogen) atoms. The number of amides is 1. The fourth-order valence-electron chi connectivity index (χ4n) is 1.44. The molecule has 3 N–H and O–H groups in total. The molecular weight excluding hydrogens is 244 g/mol. The molecule has 5 heteroatoms. The topological polar surface area (TPSA) is 82.5 Å². The van der Waals surface area contributed by atoms with Crippen LogP contribution >= 0.6 is 0 Å². The van der Waals surface area contributed by atoms with Crippen molar-refractivity contribution in [3.63, 3.8) is 0 Å². The summed E-state index contributed by atoms with van der Waals surface area (Å²) >= 11 is 0. The second kappa shape index (κ2) is 7.53. The summed E-state index contributed by atoms with van der Waals surface area (Å²) in [7, 11) is 0. The second-order valence-electron chi connectivity index (χ2n) is 4.70. The van der Waals surface area contributed by atoms with Gasteiger partial charge in [-0.1, -0.05) is 13.8 Å². The minimum atomic E-state index is -0.403. The number of nitrogens with one attached hydrogen (secondary N) is 1. The molecule has 0 aliphatic carbocycles. The van der Waals surface area contributed by atoms with Gasteiger partial charge in [0.1, 0.15) is 5.75 Å². The van der Waals surface area contributed by atoms with Crippen molar-refractivity contribution in [2.45, 2.75) is 26.4 Å². The maximum absolute atomic E-state index is 11.5. The number of pyridine rings is 1. The third kappa shape index (κ3) is 6.01. The average Bonchev–Trinajstić information content (AvgIpc) is 2.36. The van der Waals surface area contributed by atoms with Crippen LogP contribution in [0.1, 0.15) is 25.8 Å². The Kier molecular flexibility index (Phi) is 6.02. The fourth-order valence-corrected chi connectivity index (χ4v) is 1.44. The zero-order valence-corrected chi connectivity index (χ0v) is 11.2. The van der Waals surface area contributed by atoms with Gasteiger partial charge in [-0.3, -0.25) is 9.78 Å². The maximum Gasteiger partial charge on any atom is 0.244 e. The van der Waals surface area contributed by atoms with E-state index in [9.17, 15) is 15.0 Å². The second-order valence-corrected chi connectivity index (χ2v) is 4.70. The molecule has 0 radical (unpaired) electrons. The fraction of sp³-hybridized carbons (Fsp3) is 0.429. The lowest BCUT2D eigenvalue weighted by Gasteiger charge is -2.13. The number of aliphatic hydroxyl groups excluding tert-OH is 1. The minimum absolute atomic E-state index is 0.0580. The van der Waals surface area contributed by atoms with Crippen molar-refractivity contribution in [2.24, 2.45) is 5.92 Å². The van der Waals surface area contributed by atoms with Crippen LogP contribution in [0.2, 0.25) is 0 Å². The number of aromatic nitrogens is 1. The Balaban J connectivity index is 2.35. The molecule has 1 heterocycles. The molecule has 1 unspecified atom stereocenters. The quantitative estimate of drug-likeness (QED) is 0.677. The van der Waals surface area contributed by atoms with Crippen LogP contribution in [-0.4, -0.2) is 33.8 Å². The van der Waals surface area contributed by atoms with Gasteiger partial charge in [0.2, 0.25) is 5.91 Å². The van der Waals surface area contributed by atoms with Crippen LogP contribution in [0.15, 0.2) is 24.5 Å². The molecule has 5 nitrogen and oxygen atoms in total. The Morgan fingerprint density at radius 2 is 2.21 bits per heavy atom. The lowest BCUT2D eigenvalue weighted by Crippen LogP contribution is -2.27. The zero-order chi connectivity index (χ0) is 14.3. The predicted octanol–water partition coefficient (Wildman–Crippen LogP) is 1.32. The van der Waals surface area contributed by atoms with Crippen LogP contribution in [0, 0.1) is 5.92 Å². The van der Waals surface area contributed by atoms with Gasteiger partial charge in [-0.25, -0.2) is 0 Å². The van der Waals surface area contributed by atoms with Crippen LogP contribution in [0.4, 0.5) is 0 Å². The van der Waals surface area contributed by atoms with E-state index >= 15 is 0 Å². The summed E-state index contributed by atoms with van der Waals surface area (Å²) < 4.78 is 0. The van der Waals surface area contributed by atoms with Gasteiger partial charge in [0.25, 0.3) is 0 Å². The van der Waals surface area contributed by atoms with E-state index < -0.39 is 6.10 Å². The summed E-state index contributed by atoms with van der Waals surface area (Å²) in [5.74, 6) is 0.00715. The van der Waals surface area contributed by atoms with Crippen LogP contribution in [-0.2, 0) is 4.79 Å². The molecule has 0 saturated heterocycles. The Labute approximate surface area is 113 Å². The zero-order valence-electron chi connectivity index (χ0n) is 11.2. The molecule has 1 rings (SSSR count). The molecule has 104 valence electrons. The van der Waals surface area contributed by atoms with E-state index in [4.69, 9.17) is 0 Å². The number of aromatic hydroxyl groups is 1. The monoisotopic (exact) mass is 264 g/mol. The first-order chi connectivity index (χ1) is 8.99. The van der Waals surface area contributed by atoms with Crippen LogP contribution in [0.5, 0.6) is 5.75 Å². The molecule has 0 saturated carbocycles. The molecule has 0 bridgehead atoms. The van der Waals surface area contributed by atoms with E-state index in [0.717, 1.165) is 0 Å². The van der Waals surface area contributed by atoms with Crippen LogP contribution in [0.25, 0.3) is 6.08 Å². The van der Waals surface area contributed by atoms with E-state index in [1.54, 1.807) is 12.3 Å². The largest absolute Gasteiger partial charge is 0.506 e. The van der Waals surface area contributed by atoms with Gasteiger partial charge in [-0.2, -0.15) is 0 Å². The van der Waals surface area contributed by atoms with Crippen LogP contribution < -0.4 is 5.32 Å². The van der Waals surface area contributed by atoms with E-state index in [0.29, 0.717) is 18.5 Å². The van der Waals surface area contributed by atoms with Gasteiger partial charge >= 0.3 is 0 Å². The molecule has 1 aromatic rings. The van der Waals surface area contributed by atoms with Gasteiger partial charge in [0.05, 0.1) is 12.3 Å². The molecule has 0 aromatic carbocycles. The highest BCUT2D eigenvalue weighted by Crippen LogP contribution is 2.09. The summed E-state index contributed by atoms with van der Waals surface area (Å²) in [4.78, 5) is 15.3. The molecule has 1 atom stereocenters. The number of carbonyl (C=O) groups is 1. The first kappa shape index (κ1) is 15.2. The summed E-state index contributed by atoms with van der Waals surface area (Å²) in [5, 5.41) is 21.5. The minimum Gasteiger partial charge on any atom is -0.506 e. The van der Waals surface area contributed by atoms with Crippen molar-refractivity contribution in [1.82, 2.24) is 10.3 Å². The van der Waals surface area contributed by atoms with Gasteiger partial charge in [0, 0.05) is 18.8 Å². The molecular formula is C14H20N2O3. The Morgan fingerprint density at radius 3 is 2.84 bits per heavy atom. The van der Waals surface area contributed by atoms with Crippen molar-refractivity contribution >= 4 is 12.0 Å². The van der Waals surface area contributed by atoms with Gasteiger partial charge in [0.15, 0.2) is 0 Å². The Hall–Kier alpha value is -1.88. The van der Waals surface area contributed by atoms with Crippen molar-refractivity contribution in [2.75, 3.05) is 6.54 Å². The Bertz CT molecular complexity index is 444. The van der Waals surface area contributed by atoms with Crippen LogP contribution in [0.3, 0.4) is 0 Å². The number of hydrogen-bond acceptors (Lipinski definition) is 4. The van der Waals surface area contributed by atoms with E-state index in [1.807, 2.05) is 13.8 Å². The number of nitrogens with zero attached hydrogens (tertiary/aromatic N) is 1. The molecule has 0 aliphatic heterocycles. The highest BCUT2D eigenvalue weighted by atomic mass is 16.3. The van der Waals surface area contributed by atoms with Crippen molar-refractivity contribution in [1.29, 1.82) is 0 Å². The third-order valence-electron chi connectivity index (χ3n) is 2.68. The third-order valence-corrected chi connectivity index (χ3v) is 2.68. The molecule has 1 amide bonds. The summed E-state index contributed by atoms with van der Waals surface area (Å²) in [5.41, 5.74) is 0.650. The lowest BCUT2D eigenvalue weighted by atomic mass is 10.0. The molecule has 1 aromatic heterocycles. The lowest BCUT2D eigenvalue weighted by molar-refractivity contribution is -0.116. The number of aliphatic hydroxyl groups is 1. The maximum atomic E-state index is 11.5. The molecule has 0 fully saturated rings. The van der Waals surface area contributed by atoms with E-state index in [-0.39, 0.29) is 17.6 Å². The first-order valence-electron chi connectivity index (χ1n) is 6.27. The predicted molar refractivity (Wildman–Crippen MR) is 73.4 cm³/mol. The average molecular weight is 264 g/mol. The first-order valence-corrected chi connectivity index (χ1v) is 6.27. The van der Waals surface area contributed by atoms with Crippen molar-refractivity contribution in [3.05, 3.63) is 30.1 Å². The summed E-state index contributed by atoms with van der Waals surface area (Å²) in [6, 6.07) is 1.51. The SMILES string of the molecule is CC(C)C(O)CCNC(=O)/C=C/c1cncc(O)c1. The standard InChI is InChI=1S/C14H20N2O3/c1-10(2)13(18)5-6-16-14(19)4-3-11-7-12(17)9-15-8-11/h3-4,7-10,13,17-18H,5-6H2,1-2H3,(H,16,19)/b4-3+. The highest BCUT2D eigenvalue weighted by molar-refractivity contribution is 5.91. The summed E-state index contributed by atoms with van der Waals surface area (Å²) in [6.45, 7) is 4.29. The smallest absolute Gasteiger partial charge is 0.244 e. The van der Waals surface area contributed by atoms with E-state index in [1.165, 1.54) is 18.3 Å². The highest BCUT2D eigenvalue weighted by Gasteiger charge is 2.08. The van der Waals surface area contributed by atoms with Crippen molar-refractivity contribution in [3.8, 4) is 5.75 Å². The van der Waals surface area contributed by atoms with Gasteiger partial charge in [-0.05, 0) is 30.0 Å².